The fraction of sp³-hybridized carbons (Fsp3) is 0.469. The van der Waals surface area contributed by atoms with E-state index < -0.39 is 0 Å². The molecule has 1 aliphatic carbocycles. The van der Waals surface area contributed by atoms with Crippen LogP contribution in [0.25, 0.3) is 5.69 Å². The Morgan fingerprint density at radius 3 is 2.33 bits per heavy atom. The van der Waals surface area contributed by atoms with E-state index in [1.807, 2.05) is 61.5 Å². The largest absolute Gasteiger partial charge is 0.324 e. The van der Waals surface area contributed by atoms with Crippen LogP contribution in [0.5, 0.6) is 0 Å². The first-order valence-corrected chi connectivity index (χ1v) is 14.1. The zero-order valence-corrected chi connectivity index (χ0v) is 23.8. The summed E-state index contributed by atoms with van der Waals surface area (Å²) < 4.78 is 1.78. The van der Waals surface area contributed by atoms with Gasteiger partial charge in [0.1, 0.15) is 11.6 Å². The fourth-order valence-corrected chi connectivity index (χ4v) is 5.47. The van der Waals surface area contributed by atoms with Crippen molar-refractivity contribution in [3.8, 4) is 5.69 Å². The van der Waals surface area contributed by atoms with E-state index in [1.54, 1.807) is 4.68 Å². The third-order valence-electron chi connectivity index (χ3n) is 8.27. The SMILES string of the molecule is Cc1ccc(-n2nc(C(C)(C)C)cc2NC(=O)Nc2ccccc2C(C(=O)C2(C)CC2)C2CCNCC2)cc1. The molecule has 2 aromatic carbocycles. The predicted molar refractivity (Wildman–Crippen MR) is 157 cm³/mol. The molecule has 1 saturated heterocycles. The molecule has 1 aromatic heterocycles. The lowest BCUT2D eigenvalue weighted by Crippen LogP contribution is -2.36. The Balaban J connectivity index is 1.43. The Labute approximate surface area is 231 Å². The molecular formula is C32H41N5O2. The highest BCUT2D eigenvalue weighted by atomic mass is 16.2. The molecule has 0 spiro atoms. The summed E-state index contributed by atoms with van der Waals surface area (Å²) in [6, 6.07) is 17.4. The first-order chi connectivity index (χ1) is 18.5. The Bertz CT molecular complexity index is 1340. The van der Waals surface area contributed by atoms with Gasteiger partial charge < -0.3 is 10.6 Å². The number of rotatable bonds is 7. The second kappa shape index (κ2) is 10.6. The Morgan fingerprint density at radius 2 is 1.69 bits per heavy atom. The number of aryl methyl sites for hydroxylation is 1. The van der Waals surface area contributed by atoms with Gasteiger partial charge in [-0.3, -0.25) is 10.1 Å². The molecule has 206 valence electrons. The number of ketones is 1. The monoisotopic (exact) mass is 527 g/mol. The number of para-hydroxylation sites is 1. The summed E-state index contributed by atoms with van der Waals surface area (Å²) >= 11 is 0. The van der Waals surface area contributed by atoms with Gasteiger partial charge in [0.05, 0.1) is 11.4 Å². The Hall–Kier alpha value is -3.45. The van der Waals surface area contributed by atoms with Gasteiger partial charge in [-0.2, -0.15) is 5.10 Å². The molecule has 1 unspecified atom stereocenters. The van der Waals surface area contributed by atoms with Crippen molar-refractivity contribution in [1.82, 2.24) is 15.1 Å². The van der Waals surface area contributed by atoms with Crippen LogP contribution in [0.1, 0.15) is 76.1 Å². The summed E-state index contributed by atoms with van der Waals surface area (Å²) in [4.78, 5) is 27.3. The van der Waals surface area contributed by atoms with Crippen LogP contribution >= 0.6 is 0 Å². The average molecular weight is 528 g/mol. The summed E-state index contributed by atoms with van der Waals surface area (Å²) in [6.45, 7) is 12.3. The minimum absolute atomic E-state index is 0.184. The molecule has 3 aromatic rings. The minimum atomic E-state index is -0.356. The van der Waals surface area contributed by atoms with Crippen LogP contribution < -0.4 is 16.0 Å². The summed E-state index contributed by atoms with van der Waals surface area (Å²) in [6.07, 6.45) is 3.81. The van der Waals surface area contributed by atoms with Gasteiger partial charge in [0.25, 0.3) is 0 Å². The van der Waals surface area contributed by atoms with Crippen molar-refractivity contribution in [1.29, 1.82) is 0 Å². The van der Waals surface area contributed by atoms with Crippen LogP contribution in [0.3, 0.4) is 0 Å². The number of carbonyl (C=O) groups is 2. The smallest absolute Gasteiger partial charge is 0.317 e. The maximum atomic E-state index is 13.8. The highest BCUT2D eigenvalue weighted by Gasteiger charge is 2.49. The highest BCUT2D eigenvalue weighted by molar-refractivity contribution is 6.01. The van der Waals surface area contributed by atoms with Crippen molar-refractivity contribution < 1.29 is 9.59 Å². The molecule has 3 N–H and O–H groups in total. The highest BCUT2D eigenvalue weighted by Crippen LogP contribution is 2.52. The van der Waals surface area contributed by atoms with Crippen molar-refractivity contribution in [3.63, 3.8) is 0 Å². The van der Waals surface area contributed by atoms with Crippen molar-refractivity contribution in [2.45, 2.75) is 71.6 Å². The minimum Gasteiger partial charge on any atom is -0.317 e. The van der Waals surface area contributed by atoms with Gasteiger partial charge in [-0.05, 0) is 75.4 Å². The van der Waals surface area contributed by atoms with Crippen LogP contribution in [0.15, 0.2) is 54.6 Å². The van der Waals surface area contributed by atoms with Crippen LogP contribution in [-0.2, 0) is 10.2 Å². The molecule has 1 saturated carbocycles. The molecule has 2 amide bonds. The van der Waals surface area contributed by atoms with Crippen molar-refractivity contribution in [3.05, 3.63) is 71.4 Å². The van der Waals surface area contributed by atoms with Crippen LogP contribution in [0, 0.1) is 18.3 Å². The molecule has 0 bridgehead atoms. The van der Waals surface area contributed by atoms with Crippen LogP contribution in [0.2, 0.25) is 0 Å². The molecule has 1 atom stereocenters. The lowest BCUT2D eigenvalue weighted by molar-refractivity contribution is -0.126. The fourth-order valence-electron chi connectivity index (χ4n) is 5.47. The summed E-state index contributed by atoms with van der Waals surface area (Å²) in [7, 11) is 0. The van der Waals surface area contributed by atoms with E-state index in [-0.39, 0.29) is 28.7 Å². The number of piperidine rings is 1. The molecular weight excluding hydrogens is 486 g/mol. The van der Waals surface area contributed by atoms with Gasteiger partial charge in [0, 0.05) is 28.5 Å². The van der Waals surface area contributed by atoms with E-state index >= 15 is 0 Å². The van der Waals surface area contributed by atoms with E-state index in [2.05, 4.69) is 43.6 Å². The van der Waals surface area contributed by atoms with Crippen molar-refractivity contribution in [2.24, 2.45) is 11.3 Å². The van der Waals surface area contributed by atoms with Gasteiger partial charge in [-0.25, -0.2) is 9.48 Å². The van der Waals surface area contributed by atoms with Crippen molar-refractivity contribution in [2.75, 3.05) is 23.7 Å². The third kappa shape index (κ3) is 5.93. The van der Waals surface area contributed by atoms with E-state index in [0.717, 1.165) is 61.3 Å². The normalized spacial score (nSPS) is 17.9. The molecule has 39 heavy (non-hydrogen) atoms. The second-order valence-electron chi connectivity index (χ2n) is 12.6. The maximum Gasteiger partial charge on any atom is 0.324 e. The predicted octanol–water partition coefficient (Wildman–Crippen LogP) is 6.57. The first kappa shape index (κ1) is 27.1. The number of urea groups is 1. The van der Waals surface area contributed by atoms with Gasteiger partial charge in [0.15, 0.2) is 0 Å². The van der Waals surface area contributed by atoms with Crippen LogP contribution in [-0.4, -0.2) is 34.7 Å². The molecule has 5 rings (SSSR count). The maximum absolute atomic E-state index is 13.8. The van der Waals surface area contributed by atoms with E-state index in [1.165, 1.54) is 0 Å². The molecule has 7 heteroatoms. The number of amides is 2. The summed E-state index contributed by atoms with van der Waals surface area (Å²) in [5.74, 6) is 0.952. The number of hydrogen-bond donors (Lipinski definition) is 3. The lowest BCUT2D eigenvalue weighted by Gasteiger charge is -2.33. The lowest BCUT2D eigenvalue weighted by atomic mass is 9.73. The molecule has 2 fully saturated rings. The number of nitrogens with one attached hydrogen (secondary N) is 3. The zero-order valence-electron chi connectivity index (χ0n) is 23.8. The number of aromatic nitrogens is 2. The number of anilines is 2. The third-order valence-corrected chi connectivity index (χ3v) is 8.27. The van der Waals surface area contributed by atoms with Gasteiger partial charge in [0.2, 0.25) is 0 Å². The van der Waals surface area contributed by atoms with E-state index in [0.29, 0.717) is 17.3 Å². The molecule has 1 aliphatic heterocycles. The zero-order chi connectivity index (χ0) is 27.8. The topological polar surface area (TPSA) is 88.1 Å². The molecule has 7 nitrogen and oxygen atoms in total. The van der Waals surface area contributed by atoms with Crippen LogP contribution in [0.4, 0.5) is 16.3 Å². The first-order valence-electron chi connectivity index (χ1n) is 14.1. The summed E-state index contributed by atoms with van der Waals surface area (Å²) in [5, 5.41) is 14.4. The number of hydrogen-bond acceptors (Lipinski definition) is 4. The Kier molecular flexibility index (Phi) is 7.38. The Morgan fingerprint density at radius 1 is 1.03 bits per heavy atom. The van der Waals surface area contributed by atoms with Crippen molar-refractivity contribution >= 4 is 23.3 Å². The quantitative estimate of drug-likeness (QED) is 0.324. The van der Waals surface area contributed by atoms with E-state index in [9.17, 15) is 9.59 Å². The number of Topliss-reactive ketones (excluding diaryl/α,β-unsaturated/α-hetero) is 1. The number of benzene rings is 2. The molecule has 0 radical (unpaired) electrons. The number of nitrogens with zero attached hydrogens (tertiary/aromatic N) is 2. The molecule has 2 aliphatic rings. The van der Waals surface area contributed by atoms with Gasteiger partial charge in [-0.15, -0.1) is 0 Å². The summed E-state index contributed by atoms with van der Waals surface area (Å²) in [5.41, 5.74) is 4.09. The second-order valence-corrected chi connectivity index (χ2v) is 12.6. The van der Waals surface area contributed by atoms with Gasteiger partial charge in [-0.1, -0.05) is 63.6 Å². The average Bonchev–Trinajstić information content (AvgIpc) is 3.52. The number of carbonyl (C=O) groups excluding carboxylic acids is 2. The van der Waals surface area contributed by atoms with E-state index in [4.69, 9.17) is 5.10 Å². The van der Waals surface area contributed by atoms with Gasteiger partial charge >= 0.3 is 6.03 Å². The molecule has 2 heterocycles. The standard InChI is InChI=1S/C32H41N5O2/c1-21-10-12-23(13-11-21)37-27(20-26(36-37)31(2,3)4)35-30(39)34-25-9-7-6-8-24(25)28(22-14-18-33-19-15-22)29(38)32(5)16-17-32/h6-13,20,22,28,33H,14-19H2,1-5H3,(H2,34,35,39).